The highest BCUT2D eigenvalue weighted by atomic mass is 16.5. The highest BCUT2D eigenvalue weighted by Crippen LogP contribution is 2.30. The Bertz CT molecular complexity index is 803. The quantitative estimate of drug-likeness (QED) is 0.474. The summed E-state index contributed by atoms with van der Waals surface area (Å²) in [5, 5.41) is 14.3. The Morgan fingerprint density at radius 3 is 3.26 bits per heavy atom. The van der Waals surface area contributed by atoms with Gasteiger partial charge in [0, 0.05) is 20.5 Å². The molecule has 10 heteroatoms. The number of aromatic nitrogens is 4. The lowest BCUT2D eigenvalue weighted by atomic mass is 10.2. The Kier molecular flexibility index (Phi) is 3.77. The monoisotopic (exact) mass is 323 g/mol. The van der Waals surface area contributed by atoms with Crippen molar-refractivity contribution in [2.45, 2.75) is 24.9 Å². The van der Waals surface area contributed by atoms with Gasteiger partial charge in [0.15, 0.2) is 11.2 Å². The van der Waals surface area contributed by atoms with Crippen LogP contribution in [0.2, 0.25) is 0 Å². The van der Waals surface area contributed by atoms with Crippen LogP contribution in [0.25, 0.3) is 11.2 Å². The van der Waals surface area contributed by atoms with Gasteiger partial charge in [-0.15, -0.1) is 0 Å². The lowest BCUT2D eigenvalue weighted by Gasteiger charge is -2.13. The number of hydrogen-bond donors (Lipinski definition) is 3. The molecule has 23 heavy (non-hydrogen) atoms. The minimum absolute atomic E-state index is 0.0450. The first-order valence-corrected chi connectivity index (χ1v) is 7.08. The number of ether oxygens (including phenoxy) is 1. The Hall–Kier alpha value is -2.30. The molecule has 3 atom stereocenters. The molecule has 2 aromatic heterocycles. The minimum Gasteiger partial charge on any atom is -0.394 e. The zero-order valence-corrected chi connectivity index (χ0v) is 12.7. The van der Waals surface area contributed by atoms with Crippen LogP contribution in [0.3, 0.4) is 0 Å². The summed E-state index contributed by atoms with van der Waals surface area (Å²) in [5.41, 5.74) is 0.0700. The summed E-state index contributed by atoms with van der Waals surface area (Å²) >= 11 is 0. The molecule has 124 valence electrons. The molecule has 3 N–H and O–H groups in total. The third kappa shape index (κ3) is 2.96. The van der Waals surface area contributed by atoms with Gasteiger partial charge in [-0.25, -0.2) is 9.98 Å². The second-order valence-electron chi connectivity index (χ2n) is 5.52. The van der Waals surface area contributed by atoms with E-state index in [1.807, 2.05) is 0 Å². The second kappa shape index (κ2) is 6.07. The van der Waals surface area contributed by atoms with Crippen molar-refractivity contribution >= 4 is 23.5 Å². The van der Waals surface area contributed by atoms with Crippen molar-refractivity contribution in [1.82, 2.24) is 24.4 Å². The number of rotatable bonds is 5. The molecule has 0 radical (unpaired) electrons. The van der Waals surface area contributed by atoms with E-state index in [-0.39, 0.29) is 24.5 Å². The topological polar surface area (TPSA) is 129 Å². The summed E-state index contributed by atoms with van der Waals surface area (Å²) in [7, 11) is 3.60. The number of nitrogens with one attached hydrogen (secondary N) is 1. The van der Waals surface area contributed by atoms with Gasteiger partial charge < -0.3 is 19.9 Å². The molecule has 1 aliphatic rings. The minimum atomic E-state index is -0.772. The van der Waals surface area contributed by atoms with Crippen molar-refractivity contribution in [1.29, 1.82) is 1.43 Å². The van der Waals surface area contributed by atoms with E-state index < -0.39 is 24.0 Å². The second-order valence-corrected chi connectivity index (χ2v) is 5.52. The van der Waals surface area contributed by atoms with Gasteiger partial charge in [-0.1, -0.05) is 0 Å². The van der Waals surface area contributed by atoms with Crippen LogP contribution in [0.4, 0.5) is 5.95 Å². The fraction of sp³-hybridized carbons (Fsp3) is 0.538. The van der Waals surface area contributed by atoms with Crippen molar-refractivity contribution in [3.63, 3.8) is 0 Å². The average molecular weight is 323 g/mol. The molecule has 1 saturated heterocycles. The van der Waals surface area contributed by atoms with Crippen molar-refractivity contribution in [2.75, 3.05) is 20.7 Å². The summed E-state index contributed by atoms with van der Waals surface area (Å²) in [6.45, 7) is -0.0450. The average Bonchev–Trinajstić information content (AvgIpc) is 3.10. The van der Waals surface area contributed by atoms with Gasteiger partial charge in [-0.05, 0) is 0 Å². The zero-order chi connectivity index (χ0) is 17.3. The van der Waals surface area contributed by atoms with E-state index in [0.29, 0.717) is 5.65 Å². The number of imidazole rings is 1. The van der Waals surface area contributed by atoms with Crippen LogP contribution in [0.15, 0.2) is 16.1 Å². The molecule has 3 rings (SSSR count). The van der Waals surface area contributed by atoms with Crippen LogP contribution < -0.4 is 5.56 Å². The fourth-order valence-electron chi connectivity index (χ4n) is 2.39. The molecule has 0 bridgehead atoms. The highest BCUT2D eigenvalue weighted by molar-refractivity contribution is 5.71. The number of aliphatic hydroxyl groups excluding tert-OH is 2. The van der Waals surface area contributed by atoms with E-state index >= 15 is 0 Å². The predicted molar refractivity (Wildman–Crippen MR) is 81.6 cm³/mol. The number of aromatic amines is 1. The standard InChI is InChI=1S/C13H18N6O4/c1-18(2)5-15-13-16-11-10(12(22)17-13)14-6-19(11)9-3-7(21)8(4-20)23-9/h5-9,20-21H,3-4H2,1-2H3,(H,16,17,22)/t7?,8-,9-/m1/s1/i20D. The molecule has 3 heterocycles. The van der Waals surface area contributed by atoms with E-state index in [0.717, 1.165) is 0 Å². The summed E-state index contributed by atoms with van der Waals surface area (Å²) in [5.74, 6) is 0.146. The molecule has 0 aliphatic carbocycles. The van der Waals surface area contributed by atoms with E-state index in [9.17, 15) is 9.90 Å². The molecular weight excluding hydrogens is 304 g/mol. The lowest BCUT2D eigenvalue weighted by Crippen LogP contribution is -2.24. The van der Waals surface area contributed by atoms with Gasteiger partial charge in [-0.2, -0.15) is 4.98 Å². The van der Waals surface area contributed by atoms with Crippen LogP contribution in [-0.2, 0) is 4.74 Å². The first-order valence-electron chi connectivity index (χ1n) is 7.49. The van der Waals surface area contributed by atoms with Crippen molar-refractivity contribution in [3.05, 3.63) is 16.7 Å². The molecular formula is C13H18N6O4. The molecule has 0 amide bonds. The molecule has 10 nitrogen and oxygen atoms in total. The number of H-pyrrole nitrogens is 1. The maximum atomic E-state index is 12.1. The molecule has 0 aromatic carbocycles. The first kappa shape index (κ1) is 14.3. The van der Waals surface area contributed by atoms with Crippen LogP contribution in [0.5, 0.6) is 0 Å². The number of fused-ring (bicyclic) bond motifs is 1. The molecule has 1 aliphatic heterocycles. The van der Waals surface area contributed by atoms with E-state index in [1.54, 1.807) is 23.6 Å². The summed E-state index contributed by atoms with van der Waals surface area (Å²) in [6.07, 6.45) is 1.30. The SMILES string of the molecule is [2H]OC[C@H]1O[C@@H](n2cnc3c(=O)[nH]c(N=CN(C)C)nc32)CC1O. The van der Waals surface area contributed by atoms with Gasteiger partial charge >= 0.3 is 0 Å². The van der Waals surface area contributed by atoms with Crippen LogP contribution >= 0.6 is 0 Å². The first-order chi connectivity index (χ1) is 11.5. The Morgan fingerprint density at radius 2 is 2.52 bits per heavy atom. The number of nitrogens with zero attached hydrogens (tertiary/aromatic N) is 5. The van der Waals surface area contributed by atoms with Gasteiger partial charge in [0.05, 0.1) is 25.4 Å². The van der Waals surface area contributed by atoms with E-state index in [4.69, 9.17) is 6.17 Å². The van der Waals surface area contributed by atoms with Crippen LogP contribution in [0.1, 0.15) is 12.6 Å². The largest absolute Gasteiger partial charge is 0.394 e. The molecule has 1 fully saturated rings. The van der Waals surface area contributed by atoms with Gasteiger partial charge in [0.2, 0.25) is 7.38 Å². The highest BCUT2D eigenvalue weighted by Gasteiger charge is 2.35. The van der Waals surface area contributed by atoms with Crippen molar-refractivity contribution in [2.24, 2.45) is 4.99 Å². The maximum absolute atomic E-state index is 12.1. The lowest BCUT2D eigenvalue weighted by molar-refractivity contribution is -0.0432. The summed E-state index contributed by atoms with van der Waals surface area (Å²) < 4.78 is 14.0. The maximum Gasteiger partial charge on any atom is 0.280 e. The van der Waals surface area contributed by atoms with Crippen LogP contribution in [-0.4, -0.2) is 75.3 Å². The molecule has 0 spiro atoms. The van der Waals surface area contributed by atoms with Crippen LogP contribution in [0, 0.1) is 0 Å². The Balaban J connectivity index is 1.96. The van der Waals surface area contributed by atoms with E-state index in [2.05, 4.69) is 25.1 Å². The normalized spacial score (nSPS) is 25.3. The van der Waals surface area contributed by atoms with Gasteiger partial charge in [0.25, 0.3) is 5.56 Å². The Labute approximate surface area is 132 Å². The molecule has 0 saturated carbocycles. The third-order valence-corrected chi connectivity index (χ3v) is 3.51. The van der Waals surface area contributed by atoms with Gasteiger partial charge in [0.1, 0.15) is 12.3 Å². The fourth-order valence-corrected chi connectivity index (χ4v) is 2.39. The summed E-state index contributed by atoms with van der Waals surface area (Å²) in [6, 6.07) is 0. The molecule has 1 unspecified atom stereocenters. The van der Waals surface area contributed by atoms with Gasteiger partial charge in [-0.3, -0.25) is 14.3 Å². The smallest absolute Gasteiger partial charge is 0.280 e. The summed E-state index contributed by atoms with van der Waals surface area (Å²) in [4.78, 5) is 28.8. The van der Waals surface area contributed by atoms with Crippen molar-refractivity contribution in [3.8, 4) is 0 Å². The van der Waals surface area contributed by atoms with Crippen molar-refractivity contribution < 1.29 is 15.0 Å². The third-order valence-electron chi connectivity index (χ3n) is 3.51. The number of hydrogen-bond acceptors (Lipinski definition) is 7. The zero-order valence-electron chi connectivity index (χ0n) is 13.7. The van der Waals surface area contributed by atoms with E-state index in [1.165, 1.54) is 12.7 Å². The molecule has 2 aromatic rings. The predicted octanol–water partition coefficient (Wildman–Crippen LogP) is -1.02. The number of aliphatic hydroxyl groups is 2. The number of aliphatic imine (C=N–C) groups is 1. The Morgan fingerprint density at radius 1 is 1.70 bits per heavy atom.